The molecule has 0 fully saturated rings. The number of aryl methyl sites for hydroxylation is 2. The molecule has 0 aliphatic carbocycles. The summed E-state index contributed by atoms with van der Waals surface area (Å²) in [6.07, 6.45) is 1.09. The van der Waals surface area contributed by atoms with Gasteiger partial charge >= 0.3 is 0 Å². The molecule has 21 heavy (non-hydrogen) atoms. The van der Waals surface area contributed by atoms with Crippen LogP contribution >= 0.6 is 0 Å². The van der Waals surface area contributed by atoms with Crippen molar-refractivity contribution in [1.82, 2.24) is 5.32 Å². The zero-order valence-corrected chi connectivity index (χ0v) is 13.4. The van der Waals surface area contributed by atoms with Crippen molar-refractivity contribution in [2.75, 3.05) is 6.54 Å². The molecule has 2 rings (SSSR count). The van der Waals surface area contributed by atoms with E-state index in [-0.39, 0.29) is 0 Å². The van der Waals surface area contributed by atoms with Gasteiger partial charge in [-0.1, -0.05) is 32.0 Å². The van der Waals surface area contributed by atoms with Gasteiger partial charge in [-0.25, -0.2) is 0 Å². The summed E-state index contributed by atoms with van der Waals surface area (Å²) in [5.74, 6) is 1.79. The van der Waals surface area contributed by atoms with Gasteiger partial charge in [0.05, 0.1) is 0 Å². The molecule has 1 unspecified atom stereocenters. The third kappa shape index (κ3) is 4.33. The molecule has 0 bridgehead atoms. The molecule has 0 aliphatic rings. The average Bonchev–Trinajstić information content (AvgIpc) is 2.45. The summed E-state index contributed by atoms with van der Waals surface area (Å²) < 4.78 is 5.95. The van der Waals surface area contributed by atoms with Gasteiger partial charge in [-0.3, -0.25) is 0 Å². The van der Waals surface area contributed by atoms with Crippen LogP contribution in [0.5, 0.6) is 11.5 Å². The standard InChI is InChI=1S/C19H25NO/c1-5-19(20-6-2)16-7-9-17(10-8-16)21-18-12-14(3)11-15(4)13-18/h7-13,19-20H,5-6H2,1-4H3. The van der Waals surface area contributed by atoms with Crippen LogP contribution in [0.3, 0.4) is 0 Å². The van der Waals surface area contributed by atoms with Crippen LogP contribution in [-0.4, -0.2) is 6.54 Å². The van der Waals surface area contributed by atoms with Gasteiger partial charge in [0.1, 0.15) is 11.5 Å². The molecule has 0 spiro atoms. The Kier molecular flexibility index (Phi) is 5.40. The Labute approximate surface area is 128 Å². The lowest BCUT2D eigenvalue weighted by Crippen LogP contribution is -2.19. The lowest BCUT2D eigenvalue weighted by molar-refractivity contribution is 0.480. The van der Waals surface area contributed by atoms with E-state index in [9.17, 15) is 0 Å². The summed E-state index contributed by atoms with van der Waals surface area (Å²) >= 11 is 0. The maximum Gasteiger partial charge on any atom is 0.127 e. The van der Waals surface area contributed by atoms with E-state index in [0.717, 1.165) is 24.5 Å². The van der Waals surface area contributed by atoms with Crippen molar-refractivity contribution in [2.45, 2.75) is 40.2 Å². The van der Waals surface area contributed by atoms with Crippen molar-refractivity contribution < 1.29 is 4.74 Å². The second-order valence-corrected chi connectivity index (χ2v) is 5.51. The number of ether oxygens (including phenoxy) is 1. The quantitative estimate of drug-likeness (QED) is 0.791. The Morgan fingerprint density at radius 2 is 1.52 bits per heavy atom. The van der Waals surface area contributed by atoms with E-state index in [2.05, 4.69) is 63.3 Å². The Balaban J connectivity index is 2.11. The Morgan fingerprint density at radius 3 is 2.05 bits per heavy atom. The minimum atomic E-state index is 0.422. The molecular weight excluding hydrogens is 258 g/mol. The Hall–Kier alpha value is -1.80. The maximum absolute atomic E-state index is 5.95. The first-order valence-electron chi connectivity index (χ1n) is 7.72. The first-order chi connectivity index (χ1) is 10.1. The largest absolute Gasteiger partial charge is 0.457 e. The molecule has 0 radical (unpaired) electrons. The van der Waals surface area contributed by atoms with Gasteiger partial charge < -0.3 is 10.1 Å². The van der Waals surface area contributed by atoms with Gasteiger partial charge in [0, 0.05) is 6.04 Å². The first kappa shape index (κ1) is 15.6. The molecule has 2 heteroatoms. The van der Waals surface area contributed by atoms with E-state index < -0.39 is 0 Å². The van der Waals surface area contributed by atoms with Crippen LogP contribution in [0.15, 0.2) is 42.5 Å². The van der Waals surface area contributed by atoms with Gasteiger partial charge in [0.15, 0.2) is 0 Å². The van der Waals surface area contributed by atoms with Crippen LogP contribution < -0.4 is 10.1 Å². The monoisotopic (exact) mass is 283 g/mol. The number of rotatable bonds is 6. The fourth-order valence-electron chi connectivity index (χ4n) is 2.64. The van der Waals surface area contributed by atoms with Crippen molar-refractivity contribution in [3.63, 3.8) is 0 Å². The predicted octanol–water partition coefficient (Wildman–Crippen LogP) is 5.16. The van der Waals surface area contributed by atoms with E-state index in [1.54, 1.807) is 0 Å². The van der Waals surface area contributed by atoms with Crippen molar-refractivity contribution in [2.24, 2.45) is 0 Å². The molecule has 0 saturated heterocycles. The van der Waals surface area contributed by atoms with Gasteiger partial charge in [0.2, 0.25) is 0 Å². The highest BCUT2D eigenvalue weighted by molar-refractivity contribution is 5.38. The van der Waals surface area contributed by atoms with Crippen LogP contribution in [0.4, 0.5) is 0 Å². The maximum atomic E-state index is 5.95. The van der Waals surface area contributed by atoms with E-state index in [1.165, 1.54) is 16.7 Å². The smallest absolute Gasteiger partial charge is 0.127 e. The second kappa shape index (κ2) is 7.28. The molecule has 0 amide bonds. The topological polar surface area (TPSA) is 21.3 Å². The van der Waals surface area contributed by atoms with Crippen LogP contribution in [0.25, 0.3) is 0 Å². The third-order valence-corrected chi connectivity index (χ3v) is 3.57. The Morgan fingerprint density at radius 1 is 0.905 bits per heavy atom. The minimum Gasteiger partial charge on any atom is -0.457 e. The van der Waals surface area contributed by atoms with E-state index in [4.69, 9.17) is 4.74 Å². The summed E-state index contributed by atoms with van der Waals surface area (Å²) in [6, 6.07) is 15.1. The molecule has 1 N–H and O–H groups in total. The highest BCUT2D eigenvalue weighted by atomic mass is 16.5. The van der Waals surface area contributed by atoms with Crippen molar-refractivity contribution in [3.05, 3.63) is 59.2 Å². The zero-order valence-electron chi connectivity index (χ0n) is 13.4. The van der Waals surface area contributed by atoms with Crippen molar-refractivity contribution in [3.8, 4) is 11.5 Å². The number of nitrogens with one attached hydrogen (secondary N) is 1. The predicted molar refractivity (Wildman–Crippen MR) is 89.1 cm³/mol. The lowest BCUT2D eigenvalue weighted by atomic mass is 10.0. The number of hydrogen-bond donors (Lipinski definition) is 1. The molecule has 2 aromatic carbocycles. The number of hydrogen-bond acceptors (Lipinski definition) is 2. The third-order valence-electron chi connectivity index (χ3n) is 3.57. The molecule has 2 aromatic rings. The molecule has 0 heterocycles. The van der Waals surface area contributed by atoms with E-state index in [0.29, 0.717) is 6.04 Å². The number of benzene rings is 2. The highest BCUT2D eigenvalue weighted by Gasteiger charge is 2.07. The summed E-state index contributed by atoms with van der Waals surface area (Å²) in [6.45, 7) is 9.50. The highest BCUT2D eigenvalue weighted by Crippen LogP contribution is 2.26. The van der Waals surface area contributed by atoms with Gasteiger partial charge in [0.25, 0.3) is 0 Å². The van der Waals surface area contributed by atoms with Gasteiger partial charge in [-0.2, -0.15) is 0 Å². The van der Waals surface area contributed by atoms with Crippen LogP contribution in [-0.2, 0) is 0 Å². The molecule has 0 aliphatic heterocycles. The summed E-state index contributed by atoms with van der Waals surface area (Å²) in [4.78, 5) is 0. The zero-order chi connectivity index (χ0) is 15.2. The van der Waals surface area contributed by atoms with Crippen LogP contribution in [0, 0.1) is 13.8 Å². The summed E-state index contributed by atoms with van der Waals surface area (Å²) in [7, 11) is 0. The fourth-order valence-corrected chi connectivity index (χ4v) is 2.64. The lowest BCUT2D eigenvalue weighted by Gasteiger charge is -2.16. The van der Waals surface area contributed by atoms with Crippen molar-refractivity contribution in [1.29, 1.82) is 0 Å². The fraction of sp³-hybridized carbons (Fsp3) is 0.368. The average molecular weight is 283 g/mol. The first-order valence-corrected chi connectivity index (χ1v) is 7.72. The molecule has 0 saturated carbocycles. The minimum absolute atomic E-state index is 0.422. The van der Waals surface area contributed by atoms with Crippen molar-refractivity contribution >= 4 is 0 Å². The summed E-state index contributed by atoms with van der Waals surface area (Å²) in [5.41, 5.74) is 3.76. The van der Waals surface area contributed by atoms with Gasteiger partial charge in [-0.05, 0) is 67.8 Å². The van der Waals surface area contributed by atoms with Crippen LogP contribution in [0.2, 0.25) is 0 Å². The molecular formula is C19H25NO. The van der Waals surface area contributed by atoms with E-state index >= 15 is 0 Å². The second-order valence-electron chi connectivity index (χ2n) is 5.51. The summed E-state index contributed by atoms with van der Waals surface area (Å²) in [5, 5.41) is 3.49. The molecule has 1 atom stereocenters. The Bertz CT molecular complexity index is 554. The van der Waals surface area contributed by atoms with E-state index in [1.807, 2.05) is 12.1 Å². The van der Waals surface area contributed by atoms with Crippen LogP contribution in [0.1, 0.15) is 43.0 Å². The molecule has 2 nitrogen and oxygen atoms in total. The SMILES string of the molecule is CCNC(CC)c1ccc(Oc2cc(C)cc(C)c2)cc1. The molecule has 0 aromatic heterocycles. The normalized spacial score (nSPS) is 12.2. The van der Waals surface area contributed by atoms with Gasteiger partial charge in [-0.15, -0.1) is 0 Å². The molecule has 112 valence electrons.